The molecule has 20 heavy (non-hydrogen) atoms. The van der Waals surface area contributed by atoms with E-state index >= 15 is 0 Å². The summed E-state index contributed by atoms with van der Waals surface area (Å²) in [5.41, 5.74) is 0.251. The van der Waals surface area contributed by atoms with Crippen molar-refractivity contribution in [2.45, 2.75) is 58.4 Å². The molecule has 0 amide bonds. The molecule has 1 aromatic heterocycles. The summed E-state index contributed by atoms with van der Waals surface area (Å²) in [7, 11) is 0. The second kappa shape index (κ2) is 7.06. The van der Waals surface area contributed by atoms with E-state index in [1.807, 2.05) is 11.3 Å². The fourth-order valence-electron chi connectivity index (χ4n) is 2.75. The van der Waals surface area contributed by atoms with E-state index in [0.29, 0.717) is 12.0 Å². The van der Waals surface area contributed by atoms with E-state index in [-0.39, 0.29) is 5.41 Å². The third-order valence-corrected chi connectivity index (χ3v) is 5.55. The van der Waals surface area contributed by atoms with Crippen LogP contribution in [0.5, 0.6) is 0 Å². The Hall–Kier alpha value is -0.380. The summed E-state index contributed by atoms with van der Waals surface area (Å²) in [4.78, 5) is 2.96. The minimum absolute atomic E-state index is 0.251. The third kappa shape index (κ3) is 4.06. The van der Waals surface area contributed by atoms with Gasteiger partial charge in [0.15, 0.2) is 0 Å². The zero-order valence-corrected chi connectivity index (χ0v) is 14.2. The lowest BCUT2D eigenvalue weighted by molar-refractivity contribution is 0.0396. The number of ether oxygens (including phenoxy) is 1. The average molecular weight is 295 g/mol. The molecule has 3 heteroatoms. The molecule has 2 heterocycles. The van der Waals surface area contributed by atoms with Crippen molar-refractivity contribution >= 4 is 11.3 Å². The first-order chi connectivity index (χ1) is 9.52. The molecule has 0 aromatic carbocycles. The van der Waals surface area contributed by atoms with Crippen LogP contribution in [0.3, 0.4) is 0 Å². The zero-order chi connectivity index (χ0) is 14.6. The maximum absolute atomic E-state index is 5.70. The number of nitrogens with one attached hydrogen (secondary N) is 1. The van der Waals surface area contributed by atoms with Crippen LogP contribution in [0.15, 0.2) is 12.1 Å². The number of hydrogen-bond donors (Lipinski definition) is 1. The molecule has 0 bridgehead atoms. The van der Waals surface area contributed by atoms with E-state index in [4.69, 9.17) is 4.74 Å². The number of hydrogen-bond acceptors (Lipinski definition) is 3. The van der Waals surface area contributed by atoms with Crippen molar-refractivity contribution in [1.29, 1.82) is 0 Å². The van der Waals surface area contributed by atoms with E-state index < -0.39 is 0 Å². The molecule has 1 aliphatic heterocycles. The summed E-state index contributed by atoms with van der Waals surface area (Å²) in [5.74, 6) is 0.627. The fourth-order valence-corrected chi connectivity index (χ4v) is 3.99. The SMILES string of the molecule is CCCNC(c1ccc(C(C)(C)C)s1)C1CCCOC1. The summed E-state index contributed by atoms with van der Waals surface area (Å²) in [5, 5.41) is 3.75. The predicted octanol–water partition coefficient (Wildman–Crippen LogP) is 4.51. The third-order valence-electron chi connectivity index (χ3n) is 3.95. The Morgan fingerprint density at radius 2 is 2.20 bits per heavy atom. The zero-order valence-electron chi connectivity index (χ0n) is 13.4. The van der Waals surface area contributed by atoms with Crippen LogP contribution in [-0.4, -0.2) is 19.8 Å². The van der Waals surface area contributed by atoms with Gasteiger partial charge in [-0.1, -0.05) is 27.7 Å². The minimum atomic E-state index is 0.251. The molecule has 1 aliphatic rings. The van der Waals surface area contributed by atoms with E-state index in [0.717, 1.165) is 19.8 Å². The van der Waals surface area contributed by atoms with Gasteiger partial charge in [-0.25, -0.2) is 0 Å². The van der Waals surface area contributed by atoms with E-state index in [1.165, 1.54) is 29.0 Å². The first-order valence-electron chi connectivity index (χ1n) is 7.93. The van der Waals surface area contributed by atoms with Crippen LogP contribution < -0.4 is 5.32 Å². The molecular weight excluding hydrogens is 266 g/mol. The molecule has 1 N–H and O–H groups in total. The van der Waals surface area contributed by atoms with Crippen molar-refractivity contribution in [3.63, 3.8) is 0 Å². The maximum Gasteiger partial charge on any atom is 0.0512 e. The number of rotatable bonds is 5. The highest BCUT2D eigenvalue weighted by Crippen LogP contribution is 2.36. The Bertz CT molecular complexity index is 401. The molecule has 1 aromatic rings. The Morgan fingerprint density at radius 1 is 1.40 bits per heavy atom. The van der Waals surface area contributed by atoms with Gasteiger partial charge in [-0.05, 0) is 43.4 Å². The Kier molecular flexibility index (Phi) is 5.65. The molecular formula is C17H29NOS. The largest absolute Gasteiger partial charge is 0.381 e. The van der Waals surface area contributed by atoms with Gasteiger partial charge in [0.05, 0.1) is 6.61 Å². The van der Waals surface area contributed by atoms with Gasteiger partial charge in [-0.3, -0.25) is 0 Å². The Labute approximate surface area is 127 Å². The maximum atomic E-state index is 5.70. The van der Waals surface area contributed by atoms with Crippen LogP contribution in [0.2, 0.25) is 0 Å². The molecule has 0 radical (unpaired) electrons. The van der Waals surface area contributed by atoms with Crippen molar-refractivity contribution in [3.8, 4) is 0 Å². The van der Waals surface area contributed by atoms with Crippen LogP contribution in [0.25, 0.3) is 0 Å². The van der Waals surface area contributed by atoms with Gasteiger partial charge in [0.25, 0.3) is 0 Å². The summed E-state index contributed by atoms with van der Waals surface area (Å²) < 4.78 is 5.70. The lowest BCUT2D eigenvalue weighted by Gasteiger charge is -2.30. The molecule has 0 saturated carbocycles. The highest BCUT2D eigenvalue weighted by atomic mass is 32.1. The fraction of sp³-hybridized carbons (Fsp3) is 0.765. The van der Waals surface area contributed by atoms with Gasteiger partial charge < -0.3 is 10.1 Å². The summed E-state index contributed by atoms with van der Waals surface area (Å²) in [6, 6.07) is 5.11. The number of thiophene rings is 1. The second-order valence-electron chi connectivity index (χ2n) is 6.86. The highest BCUT2D eigenvalue weighted by Gasteiger charge is 2.27. The standard InChI is InChI=1S/C17H29NOS/c1-5-10-18-16(13-7-6-11-19-12-13)14-8-9-15(20-14)17(2,3)4/h8-9,13,16,18H,5-7,10-12H2,1-4H3. The van der Waals surface area contributed by atoms with E-state index in [2.05, 4.69) is 45.1 Å². The van der Waals surface area contributed by atoms with Crippen molar-refractivity contribution < 1.29 is 4.74 Å². The van der Waals surface area contributed by atoms with Gasteiger partial charge in [0.1, 0.15) is 0 Å². The first-order valence-corrected chi connectivity index (χ1v) is 8.75. The van der Waals surface area contributed by atoms with Gasteiger partial charge in [0.2, 0.25) is 0 Å². The monoisotopic (exact) mass is 295 g/mol. The van der Waals surface area contributed by atoms with Crippen molar-refractivity contribution in [2.75, 3.05) is 19.8 Å². The van der Waals surface area contributed by atoms with Crippen molar-refractivity contribution in [3.05, 3.63) is 21.9 Å². The van der Waals surface area contributed by atoms with E-state index in [9.17, 15) is 0 Å². The average Bonchev–Trinajstić information content (AvgIpc) is 2.90. The molecule has 2 unspecified atom stereocenters. The summed E-state index contributed by atoms with van der Waals surface area (Å²) in [6.45, 7) is 12.0. The Balaban J connectivity index is 2.14. The van der Waals surface area contributed by atoms with E-state index in [1.54, 1.807) is 0 Å². The topological polar surface area (TPSA) is 21.3 Å². The van der Waals surface area contributed by atoms with Gasteiger partial charge in [-0.2, -0.15) is 0 Å². The van der Waals surface area contributed by atoms with Gasteiger partial charge >= 0.3 is 0 Å². The normalized spacial score (nSPS) is 21.9. The molecule has 2 nitrogen and oxygen atoms in total. The predicted molar refractivity (Wildman–Crippen MR) is 87.6 cm³/mol. The van der Waals surface area contributed by atoms with Crippen LogP contribution in [-0.2, 0) is 10.2 Å². The van der Waals surface area contributed by atoms with Crippen LogP contribution >= 0.6 is 11.3 Å². The molecule has 114 valence electrons. The van der Waals surface area contributed by atoms with Crippen LogP contribution in [0.4, 0.5) is 0 Å². The molecule has 1 fully saturated rings. The van der Waals surface area contributed by atoms with Crippen LogP contribution in [0, 0.1) is 5.92 Å². The quantitative estimate of drug-likeness (QED) is 0.862. The smallest absolute Gasteiger partial charge is 0.0512 e. The summed E-state index contributed by atoms with van der Waals surface area (Å²) in [6.07, 6.45) is 3.66. The molecule has 0 aliphatic carbocycles. The van der Waals surface area contributed by atoms with Gasteiger partial charge in [0, 0.05) is 28.3 Å². The molecule has 0 spiro atoms. The first kappa shape index (κ1) is 16.0. The lowest BCUT2D eigenvalue weighted by Crippen LogP contribution is -2.33. The minimum Gasteiger partial charge on any atom is -0.381 e. The highest BCUT2D eigenvalue weighted by molar-refractivity contribution is 7.12. The Morgan fingerprint density at radius 3 is 2.75 bits per heavy atom. The molecule has 1 saturated heterocycles. The molecule has 2 rings (SSSR count). The van der Waals surface area contributed by atoms with Crippen molar-refractivity contribution in [1.82, 2.24) is 5.32 Å². The lowest BCUT2D eigenvalue weighted by atomic mass is 9.92. The van der Waals surface area contributed by atoms with Gasteiger partial charge in [-0.15, -0.1) is 11.3 Å². The van der Waals surface area contributed by atoms with Crippen molar-refractivity contribution in [2.24, 2.45) is 5.92 Å². The molecule has 2 atom stereocenters. The van der Waals surface area contributed by atoms with Crippen LogP contribution in [0.1, 0.15) is 62.8 Å². The second-order valence-corrected chi connectivity index (χ2v) is 7.98. The summed E-state index contributed by atoms with van der Waals surface area (Å²) >= 11 is 1.97.